The Morgan fingerprint density at radius 1 is 0.596 bits per heavy atom. The van der Waals surface area contributed by atoms with Crippen LogP contribution in [-0.2, 0) is 24.0 Å². The van der Waals surface area contributed by atoms with E-state index in [4.69, 9.17) is 11.5 Å². The Morgan fingerprint density at radius 3 is 1.49 bits per heavy atom. The van der Waals surface area contributed by atoms with E-state index in [0.29, 0.717) is 25.9 Å². The molecule has 8 N–H and O–H groups in total. The van der Waals surface area contributed by atoms with Crippen molar-refractivity contribution in [2.45, 2.75) is 112 Å². The van der Waals surface area contributed by atoms with Crippen LogP contribution in [0, 0.1) is 29.6 Å². The van der Waals surface area contributed by atoms with Crippen LogP contribution in [0.15, 0.2) is 4.99 Å². The van der Waals surface area contributed by atoms with Gasteiger partial charge in [0, 0.05) is 27.2 Å². The summed E-state index contributed by atoms with van der Waals surface area (Å²) in [6, 6.07) is -3.99. The van der Waals surface area contributed by atoms with E-state index in [9.17, 15) is 24.0 Å². The van der Waals surface area contributed by atoms with Gasteiger partial charge in [-0.2, -0.15) is 0 Å². The first-order chi connectivity index (χ1) is 21.7. The SMILES string of the molecule is CNC(C(=O)NC(C(=O)N(C)C(C(=O)N(C)C(C(=O)NC(C(=O)NCCCCN=C(N)N)C(C)C)C(C)C)C(C)C)C(C)C)C(C)C. The highest BCUT2D eigenvalue weighted by atomic mass is 16.2. The molecule has 0 radical (unpaired) electrons. The van der Waals surface area contributed by atoms with Crippen LogP contribution in [0.25, 0.3) is 0 Å². The number of nitrogens with zero attached hydrogens (tertiary/aromatic N) is 3. The largest absolute Gasteiger partial charge is 0.370 e. The van der Waals surface area contributed by atoms with E-state index in [-0.39, 0.29) is 47.4 Å². The zero-order valence-electron chi connectivity index (χ0n) is 31.1. The lowest BCUT2D eigenvalue weighted by Crippen LogP contribution is -2.62. The summed E-state index contributed by atoms with van der Waals surface area (Å²) in [5.41, 5.74) is 10.7. The molecule has 5 amide bonds. The van der Waals surface area contributed by atoms with Gasteiger partial charge in [0.1, 0.15) is 24.2 Å². The first kappa shape index (κ1) is 43.6. The highest BCUT2D eigenvalue weighted by Crippen LogP contribution is 2.20. The van der Waals surface area contributed by atoms with E-state index in [0.717, 1.165) is 0 Å². The predicted octanol–water partition coefficient (Wildman–Crippen LogP) is 0.648. The van der Waals surface area contributed by atoms with E-state index in [2.05, 4.69) is 26.3 Å². The average molecular weight is 668 g/mol. The van der Waals surface area contributed by atoms with Crippen molar-refractivity contribution in [3.63, 3.8) is 0 Å². The van der Waals surface area contributed by atoms with E-state index in [1.807, 2.05) is 69.2 Å². The van der Waals surface area contributed by atoms with Gasteiger partial charge in [-0.25, -0.2) is 0 Å². The third kappa shape index (κ3) is 13.7. The number of hydrogen-bond acceptors (Lipinski definition) is 7. The Bertz CT molecular complexity index is 1060. The molecular formula is C33H65N9O5. The van der Waals surface area contributed by atoms with Gasteiger partial charge in [-0.3, -0.25) is 29.0 Å². The number of nitrogens with two attached hydrogens (primary N) is 2. The monoisotopic (exact) mass is 668 g/mol. The maximum absolute atomic E-state index is 14.1. The van der Waals surface area contributed by atoms with Crippen LogP contribution in [0.3, 0.4) is 0 Å². The number of amides is 5. The van der Waals surface area contributed by atoms with Crippen molar-refractivity contribution in [3.05, 3.63) is 0 Å². The lowest BCUT2D eigenvalue weighted by molar-refractivity contribution is -0.152. The molecule has 0 aromatic carbocycles. The first-order valence-electron chi connectivity index (χ1n) is 16.8. The fraction of sp³-hybridized carbons (Fsp3) is 0.818. The van der Waals surface area contributed by atoms with Gasteiger partial charge in [0.15, 0.2) is 5.96 Å². The molecule has 0 spiro atoms. The number of unbranched alkanes of at least 4 members (excludes halogenated alkanes) is 1. The molecular weight excluding hydrogens is 602 g/mol. The third-order valence-corrected chi connectivity index (χ3v) is 8.23. The van der Waals surface area contributed by atoms with E-state index in [1.165, 1.54) is 9.80 Å². The molecule has 0 saturated carbocycles. The Morgan fingerprint density at radius 2 is 1.06 bits per heavy atom. The Labute approximate surface area is 283 Å². The first-order valence-corrected chi connectivity index (χ1v) is 16.8. The van der Waals surface area contributed by atoms with E-state index >= 15 is 0 Å². The maximum Gasteiger partial charge on any atom is 0.246 e. The Hall–Kier alpha value is -3.42. The minimum Gasteiger partial charge on any atom is -0.370 e. The normalized spacial score (nSPS) is 14.8. The smallest absolute Gasteiger partial charge is 0.246 e. The highest BCUT2D eigenvalue weighted by Gasteiger charge is 2.41. The van der Waals surface area contributed by atoms with Crippen molar-refractivity contribution < 1.29 is 24.0 Å². The van der Waals surface area contributed by atoms with Gasteiger partial charge in [-0.05, 0) is 49.5 Å². The molecule has 14 nitrogen and oxygen atoms in total. The number of nitrogens with one attached hydrogen (secondary N) is 4. The molecule has 5 atom stereocenters. The molecule has 0 heterocycles. The van der Waals surface area contributed by atoms with Crippen molar-refractivity contribution in [2.75, 3.05) is 34.2 Å². The van der Waals surface area contributed by atoms with Gasteiger partial charge in [0.2, 0.25) is 29.5 Å². The predicted molar refractivity (Wildman–Crippen MR) is 187 cm³/mol. The zero-order chi connectivity index (χ0) is 36.8. The highest BCUT2D eigenvalue weighted by molar-refractivity contribution is 5.96. The van der Waals surface area contributed by atoms with Crippen LogP contribution in [0.4, 0.5) is 0 Å². The number of guanidine groups is 1. The molecule has 47 heavy (non-hydrogen) atoms. The van der Waals surface area contributed by atoms with Gasteiger partial charge in [0.05, 0.1) is 6.04 Å². The maximum atomic E-state index is 14.1. The summed E-state index contributed by atoms with van der Waals surface area (Å²) in [5.74, 6) is -2.94. The average Bonchev–Trinajstić information content (AvgIpc) is 2.95. The summed E-state index contributed by atoms with van der Waals surface area (Å²) in [5, 5.41) is 11.6. The number of rotatable bonds is 20. The fourth-order valence-electron chi connectivity index (χ4n) is 5.59. The molecule has 0 saturated heterocycles. The molecule has 5 unspecified atom stereocenters. The molecule has 0 bridgehead atoms. The van der Waals surface area contributed by atoms with Gasteiger partial charge in [-0.1, -0.05) is 69.2 Å². The molecule has 0 aliphatic rings. The van der Waals surface area contributed by atoms with Gasteiger partial charge < -0.3 is 42.5 Å². The van der Waals surface area contributed by atoms with Crippen LogP contribution in [0.1, 0.15) is 82.1 Å². The fourth-order valence-corrected chi connectivity index (χ4v) is 5.59. The van der Waals surface area contributed by atoms with Crippen molar-refractivity contribution in [3.8, 4) is 0 Å². The van der Waals surface area contributed by atoms with Gasteiger partial charge in [0.25, 0.3) is 0 Å². The van der Waals surface area contributed by atoms with Crippen molar-refractivity contribution in [1.82, 2.24) is 31.1 Å². The number of carbonyl (C=O) groups is 5. The van der Waals surface area contributed by atoms with Crippen molar-refractivity contribution in [2.24, 2.45) is 46.0 Å². The van der Waals surface area contributed by atoms with Crippen LogP contribution in [-0.4, -0.2) is 110 Å². The molecule has 14 heteroatoms. The molecule has 0 rings (SSSR count). The topological polar surface area (TPSA) is 204 Å². The summed E-state index contributed by atoms with van der Waals surface area (Å²) in [6.45, 7) is 19.3. The van der Waals surface area contributed by atoms with Crippen LogP contribution >= 0.6 is 0 Å². The lowest BCUT2D eigenvalue weighted by Gasteiger charge is -2.39. The minimum absolute atomic E-state index is 0.00161. The quantitative estimate of drug-likeness (QED) is 0.0616. The Kier molecular flexibility index (Phi) is 19.2. The van der Waals surface area contributed by atoms with Crippen LogP contribution in [0.2, 0.25) is 0 Å². The minimum atomic E-state index is -0.913. The second-order valence-corrected chi connectivity index (χ2v) is 14.1. The van der Waals surface area contributed by atoms with Gasteiger partial charge >= 0.3 is 0 Å². The molecule has 0 aliphatic heterocycles. The molecule has 0 aromatic rings. The Balaban J connectivity index is 5.97. The van der Waals surface area contributed by atoms with Crippen molar-refractivity contribution >= 4 is 35.5 Å². The lowest BCUT2D eigenvalue weighted by atomic mass is 9.94. The van der Waals surface area contributed by atoms with Crippen LogP contribution < -0.4 is 32.7 Å². The number of aliphatic imine (C=N–C) groups is 1. The van der Waals surface area contributed by atoms with Gasteiger partial charge in [-0.15, -0.1) is 0 Å². The zero-order valence-corrected chi connectivity index (χ0v) is 31.1. The summed E-state index contributed by atoms with van der Waals surface area (Å²) < 4.78 is 0. The summed E-state index contributed by atoms with van der Waals surface area (Å²) in [7, 11) is 4.80. The summed E-state index contributed by atoms with van der Waals surface area (Å²) in [6.07, 6.45) is 1.34. The molecule has 0 aromatic heterocycles. The number of likely N-dealkylation sites (N-methyl/N-ethyl adjacent to an activating group) is 3. The number of hydrogen-bond donors (Lipinski definition) is 6. The van der Waals surface area contributed by atoms with Crippen LogP contribution in [0.5, 0.6) is 0 Å². The second-order valence-electron chi connectivity index (χ2n) is 14.1. The number of carbonyl (C=O) groups excluding carboxylic acids is 5. The molecule has 272 valence electrons. The second kappa shape index (κ2) is 20.7. The third-order valence-electron chi connectivity index (χ3n) is 8.23. The molecule has 0 fully saturated rings. The summed E-state index contributed by atoms with van der Waals surface area (Å²) in [4.78, 5) is 74.5. The summed E-state index contributed by atoms with van der Waals surface area (Å²) >= 11 is 0. The van der Waals surface area contributed by atoms with E-state index < -0.39 is 47.9 Å². The standard InChI is InChI=1S/C33H65N9O5/c1-18(2)23(36-11)29(44)40-25(20(5)6)31(46)42(13)27(22(9)10)32(47)41(12)26(21(7)8)30(45)39-24(19(3)4)28(43)37-16-14-15-17-38-33(34)35/h18-27,36H,14-17H2,1-13H3,(H,37,43)(H,39,45)(H,40,44)(H4,34,35,38). The molecule has 0 aliphatic carbocycles. The van der Waals surface area contributed by atoms with E-state index in [1.54, 1.807) is 21.1 Å². The van der Waals surface area contributed by atoms with Crippen molar-refractivity contribution in [1.29, 1.82) is 0 Å².